The van der Waals surface area contributed by atoms with Crippen LogP contribution in [0.25, 0.3) is 33.9 Å². The van der Waals surface area contributed by atoms with Crippen LogP contribution in [0.3, 0.4) is 0 Å². The van der Waals surface area contributed by atoms with E-state index in [0.717, 1.165) is 22.5 Å². The van der Waals surface area contributed by atoms with Crippen LogP contribution in [-0.2, 0) is 18.3 Å². The highest BCUT2D eigenvalue weighted by atomic mass is 16.5. The molecule has 34 heavy (non-hydrogen) atoms. The first-order valence-corrected chi connectivity index (χ1v) is 11.4. The van der Waals surface area contributed by atoms with Crippen molar-refractivity contribution in [1.29, 1.82) is 0 Å². The van der Waals surface area contributed by atoms with E-state index in [4.69, 9.17) is 9.72 Å². The van der Waals surface area contributed by atoms with E-state index >= 15 is 0 Å². The van der Waals surface area contributed by atoms with Crippen LogP contribution < -0.4 is 11.2 Å². The molecule has 5 aromatic rings. The molecule has 0 radical (unpaired) electrons. The van der Waals surface area contributed by atoms with E-state index in [0.29, 0.717) is 23.5 Å². The lowest BCUT2D eigenvalue weighted by Crippen LogP contribution is -2.40. The van der Waals surface area contributed by atoms with Gasteiger partial charge >= 0.3 is 5.69 Å². The minimum atomic E-state index is -0.403. The number of fused-ring (bicyclic) bond motifs is 3. The number of hydrogen-bond donors (Lipinski definition) is 0. The normalized spacial score (nSPS) is 11.6. The topological polar surface area (TPSA) is 75.5 Å². The highest BCUT2D eigenvalue weighted by Gasteiger charge is 2.23. The van der Waals surface area contributed by atoms with E-state index in [9.17, 15) is 9.59 Å². The third-order valence-corrected chi connectivity index (χ3v) is 6.18. The molecule has 0 bridgehead atoms. The van der Waals surface area contributed by atoms with Crippen molar-refractivity contribution in [3.63, 3.8) is 0 Å². The molecule has 5 rings (SSSR count). The van der Waals surface area contributed by atoms with Crippen LogP contribution in [0.5, 0.6) is 0 Å². The van der Waals surface area contributed by atoms with E-state index in [1.807, 2.05) is 43.5 Å². The third kappa shape index (κ3) is 3.38. The van der Waals surface area contributed by atoms with Crippen molar-refractivity contribution in [1.82, 2.24) is 23.1 Å². The SMILES string of the molecule is CCOCCn1c(=O)c2c(nc3n(-c4ccc(C)cc4C)c(-c4ccccc4)cn23)n(C)c1=O. The first-order chi connectivity index (χ1) is 16.4. The summed E-state index contributed by atoms with van der Waals surface area (Å²) in [6.45, 7) is 7.00. The average molecular weight is 458 g/mol. The zero-order valence-electron chi connectivity index (χ0n) is 19.8. The molecule has 0 aliphatic heterocycles. The molecule has 8 nitrogen and oxygen atoms in total. The van der Waals surface area contributed by atoms with Crippen molar-refractivity contribution in [2.45, 2.75) is 27.3 Å². The molecule has 0 N–H and O–H groups in total. The zero-order valence-corrected chi connectivity index (χ0v) is 19.8. The van der Waals surface area contributed by atoms with Gasteiger partial charge in [0.05, 0.1) is 24.5 Å². The summed E-state index contributed by atoms with van der Waals surface area (Å²) >= 11 is 0. The number of hydrogen-bond acceptors (Lipinski definition) is 4. The van der Waals surface area contributed by atoms with Gasteiger partial charge in [0.1, 0.15) is 0 Å². The minimum absolute atomic E-state index is 0.186. The number of aryl methyl sites for hydroxylation is 3. The largest absolute Gasteiger partial charge is 0.380 e. The Morgan fingerprint density at radius 3 is 2.50 bits per heavy atom. The van der Waals surface area contributed by atoms with Gasteiger partial charge in [-0.25, -0.2) is 4.79 Å². The van der Waals surface area contributed by atoms with Crippen molar-refractivity contribution in [2.24, 2.45) is 7.05 Å². The Morgan fingerprint density at radius 2 is 1.79 bits per heavy atom. The quantitative estimate of drug-likeness (QED) is 0.366. The van der Waals surface area contributed by atoms with Crippen LogP contribution >= 0.6 is 0 Å². The molecule has 0 unspecified atom stereocenters. The molecule has 3 heterocycles. The molecule has 0 saturated carbocycles. The lowest BCUT2D eigenvalue weighted by Gasteiger charge is -2.12. The Morgan fingerprint density at radius 1 is 1.03 bits per heavy atom. The molecule has 0 aliphatic carbocycles. The standard InChI is InChI=1S/C26H27N5O3/c1-5-34-14-13-29-24(32)22-23(28(4)26(29)33)27-25-30(22)16-21(19-9-7-6-8-10-19)31(25)20-12-11-17(2)15-18(20)3/h6-12,15-16H,5,13-14H2,1-4H3. The lowest BCUT2D eigenvalue weighted by atomic mass is 10.1. The van der Waals surface area contributed by atoms with Gasteiger partial charge in [-0.15, -0.1) is 0 Å². The molecule has 0 aliphatic rings. The van der Waals surface area contributed by atoms with Gasteiger partial charge in [-0.05, 0) is 32.4 Å². The van der Waals surface area contributed by atoms with Gasteiger partial charge in [-0.2, -0.15) is 4.98 Å². The Kier molecular flexibility index (Phi) is 5.45. The summed E-state index contributed by atoms with van der Waals surface area (Å²) in [5, 5.41) is 0. The van der Waals surface area contributed by atoms with E-state index < -0.39 is 5.69 Å². The molecule has 174 valence electrons. The van der Waals surface area contributed by atoms with Crippen LogP contribution in [-0.4, -0.2) is 36.3 Å². The maximum Gasteiger partial charge on any atom is 0.332 e. The highest BCUT2D eigenvalue weighted by molar-refractivity contribution is 5.79. The van der Waals surface area contributed by atoms with Gasteiger partial charge < -0.3 is 4.74 Å². The molecular formula is C26H27N5O3. The Balaban J connectivity index is 1.88. The molecule has 0 saturated heterocycles. The summed E-state index contributed by atoms with van der Waals surface area (Å²) in [5.41, 5.74) is 5.08. The van der Waals surface area contributed by atoms with Crippen molar-refractivity contribution in [2.75, 3.05) is 13.2 Å². The molecule has 8 heteroatoms. The molecule has 3 aromatic heterocycles. The summed E-state index contributed by atoms with van der Waals surface area (Å²) in [4.78, 5) is 31.2. The summed E-state index contributed by atoms with van der Waals surface area (Å²) in [7, 11) is 1.65. The Hall–Kier alpha value is -3.91. The van der Waals surface area contributed by atoms with Crippen LogP contribution in [0, 0.1) is 13.8 Å². The molecular weight excluding hydrogens is 430 g/mol. The fourth-order valence-electron chi connectivity index (χ4n) is 4.50. The Labute approximate surface area is 196 Å². The van der Waals surface area contributed by atoms with Crippen molar-refractivity contribution in [3.05, 3.63) is 86.7 Å². The number of benzene rings is 2. The number of imidazole rings is 2. The van der Waals surface area contributed by atoms with Gasteiger partial charge in [-0.1, -0.05) is 48.0 Å². The molecule has 0 amide bonds. The second-order valence-electron chi connectivity index (χ2n) is 8.46. The van der Waals surface area contributed by atoms with Crippen molar-refractivity contribution < 1.29 is 4.74 Å². The number of nitrogens with zero attached hydrogens (tertiary/aromatic N) is 5. The van der Waals surface area contributed by atoms with E-state index in [1.165, 1.54) is 14.7 Å². The first-order valence-electron chi connectivity index (χ1n) is 11.4. The minimum Gasteiger partial charge on any atom is -0.380 e. The predicted molar refractivity (Wildman–Crippen MR) is 133 cm³/mol. The van der Waals surface area contributed by atoms with Gasteiger partial charge in [0, 0.05) is 25.4 Å². The van der Waals surface area contributed by atoms with E-state index in [2.05, 4.69) is 36.6 Å². The summed E-state index contributed by atoms with van der Waals surface area (Å²) in [6.07, 6.45) is 1.93. The molecule has 0 spiro atoms. The van der Waals surface area contributed by atoms with Crippen molar-refractivity contribution >= 4 is 16.9 Å². The Bertz CT molecular complexity index is 1640. The van der Waals surface area contributed by atoms with Gasteiger partial charge in [-0.3, -0.25) is 22.9 Å². The zero-order chi connectivity index (χ0) is 24.0. The summed E-state index contributed by atoms with van der Waals surface area (Å²) in [6, 6.07) is 16.3. The molecule has 0 atom stereocenters. The number of rotatable bonds is 6. The summed E-state index contributed by atoms with van der Waals surface area (Å²) < 4.78 is 11.9. The van der Waals surface area contributed by atoms with Crippen LogP contribution in [0.4, 0.5) is 0 Å². The maximum absolute atomic E-state index is 13.5. The van der Waals surface area contributed by atoms with Crippen LogP contribution in [0.2, 0.25) is 0 Å². The second kappa shape index (κ2) is 8.46. The predicted octanol–water partition coefficient (Wildman–Crippen LogP) is 3.46. The van der Waals surface area contributed by atoms with Gasteiger partial charge in [0.2, 0.25) is 5.78 Å². The summed E-state index contributed by atoms with van der Waals surface area (Å²) in [5.74, 6) is 0.579. The molecule has 0 fully saturated rings. The van der Waals surface area contributed by atoms with E-state index in [1.54, 1.807) is 11.4 Å². The fraction of sp³-hybridized carbons (Fsp3) is 0.269. The monoisotopic (exact) mass is 457 g/mol. The van der Waals surface area contributed by atoms with Crippen LogP contribution in [0.15, 0.2) is 64.3 Å². The third-order valence-electron chi connectivity index (χ3n) is 6.18. The number of aromatic nitrogens is 5. The van der Waals surface area contributed by atoms with E-state index in [-0.39, 0.29) is 18.7 Å². The van der Waals surface area contributed by atoms with Gasteiger partial charge in [0.15, 0.2) is 11.2 Å². The second-order valence-corrected chi connectivity index (χ2v) is 8.46. The van der Waals surface area contributed by atoms with Gasteiger partial charge in [0.25, 0.3) is 5.56 Å². The van der Waals surface area contributed by atoms with Crippen molar-refractivity contribution in [3.8, 4) is 16.9 Å². The lowest BCUT2D eigenvalue weighted by molar-refractivity contribution is 0.137. The molecule has 2 aromatic carbocycles. The van der Waals surface area contributed by atoms with Crippen LogP contribution in [0.1, 0.15) is 18.1 Å². The average Bonchev–Trinajstić information content (AvgIpc) is 3.37. The smallest absolute Gasteiger partial charge is 0.332 e. The highest BCUT2D eigenvalue weighted by Crippen LogP contribution is 2.30. The first kappa shape index (κ1) is 21.9. The number of ether oxygens (including phenoxy) is 1. The fourth-order valence-corrected chi connectivity index (χ4v) is 4.50. The maximum atomic E-state index is 13.5.